The highest BCUT2D eigenvalue weighted by Crippen LogP contribution is 2.28. The fourth-order valence-electron chi connectivity index (χ4n) is 3.40. The first kappa shape index (κ1) is 21.8. The Bertz CT molecular complexity index is 1140. The molecule has 0 aliphatic rings. The average molecular weight is 425 g/mol. The van der Waals surface area contributed by atoms with Crippen LogP contribution in [0.3, 0.4) is 0 Å². The number of ketones is 1. The van der Waals surface area contributed by atoms with Crippen molar-refractivity contribution in [2.75, 3.05) is 14.2 Å². The van der Waals surface area contributed by atoms with Gasteiger partial charge >= 0.3 is 0 Å². The number of hydrogen-bond donors (Lipinski definition) is 0. The van der Waals surface area contributed by atoms with Gasteiger partial charge in [-0.15, -0.1) is 0 Å². The molecule has 0 spiro atoms. The average Bonchev–Trinajstić information content (AvgIpc) is 3.05. The van der Waals surface area contributed by atoms with Crippen molar-refractivity contribution in [3.05, 3.63) is 68.5 Å². The lowest BCUT2D eigenvalue weighted by atomic mass is 10.1. The molecular formula is C24H28N2O3S. The number of methoxy groups -OCH3 is 2. The van der Waals surface area contributed by atoms with Gasteiger partial charge in [0.25, 0.3) is 0 Å². The second-order valence-corrected chi connectivity index (χ2v) is 8.25. The summed E-state index contributed by atoms with van der Waals surface area (Å²) in [5, 5.41) is 0. The van der Waals surface area contributed by atoms with E-state index >= 15 is 0 Å². The largest absolute Gasteiger partial charge is 0.493 e. The molecule has 3 rings (SSSR count). The summed E-state index contributed by atoms with van der Waals surface area (Å²) in [5.41, 5.74) is 5.38. The molecule has 0 N–H and O–H groups in total. The Balaban J connectivity index is 2.01. The van der Waals surface area contributed by atoms with Crippen molar-refractivity contribution in [2.24, 2.45) is 4.99 Å². The first-order valence-corrected chi connectivity index (χ1v) is 10.7. The van der Waals surface area contributed by atoms with Crippen molar-refractivity contribution < 1.29 is 14.3 Å². The van der Waals surface area contributed by atoms with Gasteiger partial charge in [0.05, 0.1) is 24.8 Å². The van der Waals surface area contributed by atoms with Crippen molar-refractivity contribution in [1.29, 1.82) is 0 Å². The quantitative estimate of drug-likeness (QED) is 0.492. The van der Waals surface area contributed by atoms with Crippen LogP contribution in [0.25, 0.3) is 0 Å². The topological polar surface area (TPSA) is 52.8 Å². The Morgan fingerprint density at radius 1 is 1.07 bits per heavy atom. The molecule has 30 heavy (non-hydrogen) atoms. The molecule has 2 aromatic carbocycles. The van der Waals surface area contributed by atoms with Gasteiger partial charge < -0.3 is 14.0 Å². The van der Waals surface area contributed by atoms with E-state index in [9.17, 15) is 4.79 Å². The van der Waals surface area contributed by atoms with Gasteiger partial charge in [0.15, 0.2) is 22.1 Å². The van der Waals surface area contributed by atoms with Crippen LogP contribution in [0.1, 0.15) is 39.0 Å². The summed E-state index contributed by atoms with van der Waals surface area (Å²) >= 11 is 1.45. The fourth-order valence-corrected chi connectivity index (χ4v) is 4.46. The monoisotopic (exact) mass is 424 g/mol. The first-order chi connectivity index (χ1) is 14.3. The molecule has 0 saturated carbocycles. The maximum absolute atomic E-state index is 12.2. The van der Waals surface area contributed by atoms with E-state index in [1.54, 1.807) is 21.1 Å². The molecule has 0 amide bonds. The van der Waals surface area contributed by atoms with E-state index in [4.69, 9.17) is 14.5 Å². The van der Waals surface area contributed by atoms with Gasteiger partial charge in [-0.3, -0.25) is 4.79 Å². The van der Waals surface area contributed by atoms with Gasteiger partial charge in [0, 0.05) is 19.2 Å². The number of hydrogen-bond acceptors (Lipinski definition) is 5. The number of thiazole rings is 1. The molecule has 5 nitrogen and oxygen atoms in total. The minimum atomic E-state index is 0.0692. The van der Waals surface area contributed by atoms with E-state index in [0.29, 0.717) is 11.5 Å². The minimum absolute atomic E-state index is 0.0692. The van der Waals surface area contributed by atoms with E-state index in [0.717, 1.165) is 45.2 Å². The SMILES string of the molecule is COc1ccc(CCn2c(C)c(C(C)=O)sc2=Nc2cccc(C)c2C)cc1OC. The van der Waals surface area contributed by atoms with Crippen molar-refractivity contribution in [2.45, 2.75) is 40.7 Å². The minimum Gasteiger partial charge on any atom is -0.493 e. The molecule has 0 unspecified atom stereocenters. The van der Waals surface area contributed by atoms with Gasteiger partial charge in [-0.25, -0.2) is 4.99 Å². The number of carbonyl (C=O) groups is 1. The number of rotatable bonds is 7. The van der Waals surface area contributed by atoms with Crippen LogP contribution in [-0.4, -0.2) is 24.6 Å². The van der Waals surface area contributed by atoms with E-state index < -0.39 is 0 Å². The fraction of sp³-hybridized carbons (Fsp3) is 0.333. The molecule has 158 valence electrons. The van der Waals surface area contributed by atoms with Crippen molar-refractivity contribution in [3.8, 4) is 11.5 Å². The lowest BCUT2D eigenvalue weighted by molar-refractivity contribution is 0.102. The predicted molar refractivity (Wildman–Crippen MR) is 121 cm³/mol. The molecule has 3 aromatic rings. The van der Waals surface area contributed by atoms with Crippen LogP contribution in [0.4, 0.5) is 5.69 Å². The number of benzene rings is 2. The van der Waals surface area contributed by atoms with E-state index in [1.165, 1.54) is 16.9 Å². The molecule has 1 aromatic heterocycles. The van der Waals surface area contributed by atoms with Crippen LogP contribution in [0, 0.1) is 20.8 Å². The summed E-state index contributed by atoms with van der Waals surface area (Å²) < 4.78 is 12.9. The molecule has 0 fully saturated rings. The van der Waals surface area contributed by atoms with Gasteiger partial charge in [0.1, 0.15) is 0 Å². The number of carbonyl (C=O) groups excluding carboxylic acids is 1. The maximum Gasteiger partial charge on any atom is 0.190 e. The lowest BCUT2D eigenvalue weighted by Gasteiger charge is -2.11. The smallest absolute Gasteiger partial charge is 0.190 e. The highest BCUT2D eigenvalue weighted by molar-refractivity contribution is 7.11. The number of Topliss-reactive ketones (excluding diaryl/α,β-unsaturated/α-hetero) is 1. The summed E-state index contributed by atoms with van der Waals surface area (Å²) in [6.45, 7) is 8.48. The van der Waals surface area contributed by atoms with Crippen LogP contribution in [0.15, 0.2) is 41.4 Å². The van der Waals surface area contributed by atoms with E-state index in [2.05, 4.69) is 24.5 Å². The Kier molecular flexibility index (Phi) is 6.77. The molecule has 0 radical (unpaired) electrons. The first-order valence-electron chi connectivity index (χ1n) is 9.88. The molecule has 6 heteroatoms. The zero-order valence-electron chi connectivity index (χ0n) is 18.4. The van der Waals surface area contributed by atoms with Gasteiger partial charge in [-0.2, -0.15) is 0 Å². The van der Waals surface area contributed by atoms with Gasteiger partial charge in [0.2, 0.25) is 0 Å². The van der Waals surface area contributed by atoms with E-state index in [1.807, 2.05) is 37.3 Å². The highest BCUT2D eigenvalue weighted by atomic mass is 32.1. The van der Waals surface area contributed by atoms with Crippen LogP contribution < -0.4 is 14.3 Å². The zero-order valence-corrected chi connectivity index (χ0v) is 19.2. The Hall–Kier alpha value is -2.86. The Morgan fingerprint density at radius 3 is 2.47 bits per heavy atom. The van der Waals surface area contributed by atoms with E-state index in [-0.39, 0.29) is 5.78 Å². The molecule has 0 aliphatic carbocycles. The Labute approximate surface area is 181 Å². The number of ether oxygens (including phenoxy) is 2. The summed E-state index contributed by atoms with van der Waals surface area (Å²) in [6.07, 6.45) is 0.787. The molecular weight excluding hydrogens is 396 g/mol. The number of aryl methyl sites for hydroxylation is 2. The van der Waals surface area contributed by atoms with Crippen molar-refractivity contribution in [1.82, 2.24) is 4.57 Å². The standard InChI is InChI=1S/C24H28N2O3S/c1-15-8-7-9-20(16(15)2)25-24-26(17(3)23(30-24)18(4)27)13-12-19-10-11-21(28-5)22(14-19)29-6/h7-11,14H,12-13H2,1-6H3. The third-order valence-corrected chi connectivity index (χ3v) is 6.62. The molecule has 0 saturated heterocycles. The van der Waals surface area contributed by atoms with Crippen LogP contribution in [0.5, 0.6) is 11.5 Å². The van der Waals surface area contributed by atoms with Crippen molar-refractivity contribution in [3.63, 3.8) is 0 Å². The van der Waals surface area contributed by atoms with Crippen LogP contribution >= 0.6 is 11.3 Å². The lowest BCUT2D eigenvalue weighted by Crippen LogP contribution is -2.18. The van der Waals surface area contributed by atoms with Gasteiger partial charge in [-0.05, 0) is 62.1 Å². The number of aromatic nitrogens is 1. The number of nitrogens with zero attached hydrogens (tertiary/aromatic N) is 2. The van der Waals surface area contributed by atoms with Gasteiger partial charge in [-0.1, -0.05) is 29.5 Å². The maximum atomic E-state index is 12.2. The van der Waals surface area contributed by atoms with Crippen LogP contribution in [-0.2, 0) is 13.0 Å². The third-order valence-electron chi connectivity index (χ3n) is 5.34. The second kappa shape index (κ2) is 9.30. The Morgan fingerprint density at radius 2 is 1.80 bits per heavy atom. The summed E-state index contributed by atoms with van der Waals surface area (Å²) in [6, 6.07) is 12.1. The predicted octanol–water partition coefficient (Wildman–Crippen LogP) is 5.17. The molecule has 0 atom stereocenters. The summed E-state index contributed by atoms with van der Waals surface area (Å²) in [7, 11) is 3.27. The zero-order chi connectivity index (χ0) is 21.8. The van der Waals surface area contributed by atoms with Crippen LogP contribution in [0.2, 0.25) is 0 Å². The summed E-state index contributed by atoms with van der Waals surface area (Å²) in [5.74, 6) is 1.50. The van der Waals surface area contributed by atoms with Crippen molar-refractivity contribution >= 4 is 22.8 Å². The summed E-state index contributed by atoms with van der Waals surface area (Å²) in [4.78, 5) is 18.7. The molecule has 1 heterocycles. The normalized spacial score (nSPS) is 11.6. The third kappa shape index (κ3) is 4.49. The second-order valence-electron chi connectivity index (χ2n) is 7.28. The molecule has 0 aliphatic heterocycles. The highest BCUT2D eigenvalue weighted by Gasteiger charge is 2.14. The molecule has 0 bridgehead atoms.